The predicted molar refractivity (Wildman–Crippen MR) is 72.4 cm³/mol. The molecule has 0 aromatic carbocycles. The fraction of sp³-hybridized carbons (Fsp3) is 0.929. The molecule has 0 unspecified atom stereocenters. The van der Waals surface area contributed by atoms with E-state index < -0.39 is 0 Å². The van der Waals surface area contributed by atoms with Crippen LogP contribution in [0.4, 0.5) is 0 Å². The topological polar surface area (TPSA) is 52.6 Å². The lowest BCUT2D eigenvalue weighted by Crippen LogP contribution is -2.58. The molecule has 4 heteroatoms. The highest BCUT2D eigenvalue weighted by molar-refractivity contribution is 5.75. The Morgan fingerprint density at radius 2 is 1.78 bits per heavy atom. The molecule has 0 bridgehead atoms. The molecule has 1 aliphatic heterocycles. The van der Waals surface area contributed by atoms with Crippen molar-refractivity contribution in [1.29, 1.82) is 0 Å². The Bertz CT molecular complexity index is 282. The predicted octanol–water partition coefficient (Wildman–Crippen LogP) is 2.56. The van der Waals surface area contributed by atoms with Gasteiger partial charge in [-0.2, -0.15) is 5.06 Å². The number of carbonyl (C=O) groups excluding carboxylic acids is 1. The Labute approximate surface area is 111 Å². The van der Waals surface area contributed by atoms with E-state index in [9.17, 15) is 10.0 Å². The van der Waals surface area contributed by atoms with E-state index in [1.54, 1.807) is 0 Å². The second-order valence-corrected chi connectivity index (χ2v) is 6.70. The molecule has 0 radical (unpaired) electrons. The molecule has 2 N–H and O–H groups in total. The van der Waals surface area contributed by atoms with Gasteiger partial charge in [-0.3, -0.25) is 4.79 Å². The second-order valence-electron chi connectivity index (χ2n) is 6.70. The van der Waals surface area contributed by atoms with Gasteiger partial charge in [0.15, 0.2) is 0 Å². The maximum atomic E-state index is 11.5. The van der Waals surface area contributed by atoms with Crippen molar-refractivity contribution in [3.8, 4) is 0 Å². The zero-order chi connectivity index (χ0) is 14.0. The lowest BCUT2D eigenvalue weighted by Gasteiger charge is -2.51. The maximum Gasteiger partial charge on any atom is 0.219 e. The molecule has 0 spiro atoms. The van der Waals surface area contributed by atoms with Gasteiger partial charge < -0.3 is 10.5 Å². The van der Waals surface area contributed by atoms with E-state index in [-0.39, 0.29) is 17.0 Å². The number of hydrogen-bond donors (Lipinski definition) is 2. The first-order valence-electron chi connectivity index (χ1n) is 6.95. The van der Waals surface area contributed by atoms with E-state index in [0.29, 0.717) is 18.9 Å². The van der Waals surface area contributed by atoms with Crippen molar-refractivity contribution in [2.75, 3.05) is 6.54 Å². The largest absolute Gasteiger partial charge is 0.356 e. The lowest BCUT2D eigenvalue weighted by atomic mass is 9.74. The third-order valence-electron chi connectivity index (χ3n) is 3.88. The monoisotopic (exact) mass is 256 g/mol. The van der Waals surface area contributed by atoms with Crippen LogP contribution >= 0.6 is 0 Å². The number of amides is 1. The third kappa shape index (κ3) is 3.69. The fourth-order valence-corrected chi connectivity index (χ4v) is 3.30. The summed E-state index contributed by atoms with van der Waals surface area (Å²) in [6, 6.07) is 0. The van der Waals surface area contributed by atoms with Gasteiger partial charge in [0, 0.05) is 24.0 Å². The maximum absolute atomic E-state index is 11.5. The first-order valence-corrected chi connectivity index (χ1v) is 6.95. The van der Waals surface area contributed by atoms with Gasteiger partial charge in [-0.1, -0.05) is 0 Å². The third-order valence-corrected chi connectivity index (χ3v) is 3.88. The molecular weight excluding hydrogens is 228 g/mol. The van der Waals surface area contributed by atoms with Gasteiger partial charge in [-0.05, 0) is 59.8 Å². The normalized spacial score (nSPS) is 23.9. The quantitative estimate of drug-likeness (QED) is 0.813. The van der Waals surface area contributed by atoms with Gasteiger partial charge in [0.2, 0.25) is 5.91 Å². The fourth-order valence-electron chi connectivity index (χ4n) is 3.30. The molecule has 1 heterocycles. The van der Waals surface area contributed by atoms with Gasteiger partial charge in [0.25, 0.3) is 0 Å². The summed E-state index contributed by atoms with van der Waals surface area (Å²) in [7, 11) is 0. The van der Waals surface area contributed by atoms with E-state index >= 15 is 0 Å². The smallest absolute Gasteiger partial charge is 0.219 e. The van der Waals surface area contributed by atoms with Crippen molar-refractivity contribution in [1.82, 2.24) is 10.4 Å². The number of carbonyl (C=O) groups is 1. The number of nitrogens with zero attached hydrogens (tertiary/aromatic N) is 1. The van der Waals surface area contributed by atoms with Gasteiger partial charge in [-0.15, -0.1) is 0 Å². The summed E-state index contributed by atoms with van der Waals surface area (Å²) in [5.41, 5.74) is -0.429. The molecule has 4 nitrogen and oxygen atoms in total. The lowest BCUT2D eigenvalue weighted by molar-refractivity contribution is -0.251. The second kappa shape index (κ2) is 5.57. The van der Waals surface area contributed by atoms with Crippen molar-refractivity contribution >= 4 is 5.91 Å². The van der Waals surface area contributed by atoms with Crippen molar-refractivity contribution in [2.24, 2.45) is 5.92 Å². The average Bonchev–Trinajstić information content (AvgIpc) is 2.23. The molecular formula is C14H28N2O2. The number of hydroxylamine groups is 2. The Kier molecular flexibility index (Phi) is 4.78. The molecule has 0 atom stereocenters. The standard InChI is InChI=1S/C14H28N2O2/c1-6-15-12(17)8-7-11-9-13(2,3)16(18)14(4,5)10-11/h11,18H,6-10H2,1-5H3,(H,15,17). The summed E-state index contributed by atoms with van der Waals surface area (Å²) in [5.74, 6) is 0.639. The molecule has 1 rings (SSSR count). The molecule has 0 saturated carbocycles. The van der Waals surface area contributed by atoms with Crippen molar-refractivity contribution in [3.05, 3.63) is 0 Å². The summed E-state index contributed by atoms with van der Waals surface area (Å²) >= 11 is 0. The Hall–Kier alpha value is -0.610. The van der Waals surface area contributed by atoms with E-state index in [2.05, 4.69) is 33.0 Å². The van der Waals surface area contributed by atoms with Crippen LogP contribution in [0.2, 0.25) is 0 Å². The van der Waals surface area contributed by atoms with Gasteiger partial charge in [0.1, 0.15) is 0 Å². The van der Waals surface area contributed by atoms with Crippen LogP contribution in [0.3, 0.4) is 0 Å². The molecule has 106 valence electrons. The van der Waals surface area contributed by atoms with Crippen molar-refractivity contribution < 1.29 is 10.0 Å². The molecule has 0 aromatic rings. The minimum absolute atomic E-state index is 0.138. The van der Waals surface area contributed by atoms with Crippen LogP contribution in [0.25, 0.3) is 0 Å². The van der Waals surface area contributed by atoms with E-state index in [1.165, 1.54) is 5.06 Å². The van der Waals surface area contributed by atoms with Crippen LogP contribution in [0.5, 0.6) is 0 Å². The number of hydrogen-bond acceptors (Lipinski definition) is 3. The summed E-state index contributed by atoms with van der Waals surface area (Å²) in [6.45, 7) is 10.9. The zero-order valence-corrected chi connectivity index (χ0v) is 12.4. The van der Waals surface area contributed by atoms with Gasteiger partial charge >= 0.3 is 0 Å². The molecule has 0 aliphatic carbocycles. The van der Waals surface area contributed by atoms with Crippen LogP contribution in [-0.4, -0.2) is 33.8 Å². The van der Waals surface area contributed by atoms with Crippen LogP contribution in [0, 0.1) is 5.92 Å². The minimum atomic E-state index is -0.215. The molecule has 1 fully saturated rings. The number of rotatable bonds is 4. The van der Waals surface area contributed by atoms with Crippen molar-refractivity contribution in [3.63, 3.8) is 0 Å². The van der Waals surface area contributed by atoms with Crippen LogP contribution in [-0.2, 0) is 4.79 Å². The highest BCUT2D eigenvalue weighted by Gasteiger charge is 2.44. The van der Waals surface area contributed by atoms with Crippen LogP contribution in [0.15, 0.2) is 0 Å². The van der Waals surface area contributed by atoms with E-state index in [1.807, 2.05) is 6.92 Å². The molecule has 1 amide bonds. The SMILES string of the molecule is CCNC(=O)CCC1CC(C)(C)N(O)C(C)(C)C1. The number of piperidine rings is 1. The Morgan fingerprint density at radius 1 is 1.28 bits per heavy atom. The summed E-state index contributed by atoms with van der Waals surface area (Å²) in [6.07, 6.45) is 3.38. The summed E-state index contributed by atoms with van der Waals surface area (Å²) in [4.78, 5) is 11.5. The number of nitrogens with one attached hydrogen (secondary N) is 1. The van der Waals surface area contributed by atoms with Crippen molar-refractivity contribution in [2.45, 2.75) is 71.4 Å². The van der Waals surface area contributed by atoms with E-state index in [4.69, 9.17) is 0 Å². The Morgan fingerprint density at radius 3 is 2.22 bits per heavy atom. The van der Waals surface area contributed by atoms with Gasteiger partial charge in [-0.25, -0.2) is 0 Å². The van der Waals surface area contributed by atoms with Crippen LogP contribution < -0.4 is 5.32 Å². The molecule has 0 aromatic heterocycles. The first kappa shape index (κ1) is 15.4. The zero-order valence-electron chi connectivity index (χ0n) is 12.4. The average molecular weight is 256 g/mol. The summed E-state index contributed by atoms with van der Waals surface area (Å²) in [5, 5.41) is 14.5. The highest BCUT2D eigenvalue weighted by atomic mass is 16.5. The molecule has 1 aliphatic rings. The van der Waals surface area contributed by atoms with E-state index in [0.717, 1.165) is 19.3 Å². The minimum Gasteiger partial charge on any atom is -0.356 e. The summed E-state index contributed by atoms with van der Waals surface area (Å²) < 4.78 is 0. The van der Waals surface area contributed by atoms with Crippen LogP contribution in [0.1, 0.15) is 60.3 Å². The first-order chi connectivity index (χ1) is 8.19. The van der Waals surface area contributed by atoms with Gasteiger partial charge in [0.05, 0.1) is 0 Å². The molecule has 18 heavy (non-hydrogen) atoms. The molecule has 1 saturated heterocycles. The Balaban J connectivity index is 2.56. The highest BCUT2D eigenvalue weighted by Crippen LogP contribution is 2.41.